The largest absolute Gasteiger partial charge is 0.472 e. The van der Waals surface area contributed by atoms with Crippen LogP contribution in [0, 0.1) is 0 Å². The molecule has 0 aromatic carbocycles. The van der Waals surface area contributed by atoms with Crippen molar-refractivity contribution in [3.8, 4) is 0 Å². The summed E-state index contributed by atoms with van der Waals surface area (Å²) in [5.41, 5.74) is 0. The predicted molar refractivity (Wildman–Crippen MR) is 242 cm³/mol. The highest BCUT2D eigenvalue weighted by Crippen LogP contribution is 2.43. The van der Waals surface area contributed by atoms with Crippen LogP contribution in [0.3, 0.4) is 0 Å². The molecule has 1 unspecified atom stereocenters. The highest BCUT2D eigenvalue weighted by molar-refractivity contribution is 7.47. The van der Waals surface area contributed by atoms with Crippen LogP contribution < -0.4 is 0 Å². The first kappa shape index (κ1) is 57.4. The number of aliphatic hydroxyl groups is 2. The second-order valence-corrected chi connectivity index (χ2v) is 17.9. The van der Waals surface area contributed by atoms with Gasteiger partial charge in [0.15, 0.2) is 6.10 Å². The van der Waals surface area contributed by atoms with Gasteiger partial charge >= 0.3 is 19.8 Å². The standard InChI is InChI=1S/C48H91O10P/c1-3-5-7-9-11-13-15-17-19-21-22-24-26-28-30-32-34-36-38-40-48(52)58-46(44-57-59(53,54)56-42-45(50)41-49)43-55-47(51)39-37-35-33-31-29-27-25-23-20-18-16-14-12-10-8-6-4-2/h12,14,18,20,45-46,49-50H,3-11,13,15-17,19,21-44H2,1-2H3,(H,53,54)/b14-12-,20-18-/t45-,46+/m0/s1. The maximum atomic E-state index is 12.7. The molecule has 3 N–H and O–H groups in total. The van der Waals surface area contributed by atoms with E-state index in [4.69, 9.17) is 23.6 Å². The maximum Gasteiger partial charge on any atom is 0.472 e. The van der Waals surface area contributed by atoms with Crippen LogP contribution in [0.4, 0.5) is 0 Å². The molecule has 0 bridgehead atoms. The summed E-state index contributed by atoms with van der Waals surface area (Å²) in [5.74, 6) is -0.922. The zero-order valence-corrected chi connectivity index (χ0v) is 38.9. The quantitative estimate of drug-likeness (QED) is 0.0234. The molecule has 0 aromatic heterocycles. The fourth-order valence-corrected chi connectivity index (χ4v) is 7.64. The zero-order valence-electron chi connectivity index (χ0n) is 38.0. The molecular weight excluding hydrogens is 767 g/mol. The van der Waals surface area contributed by atoms with Crippen molar-refractivity contribution in [3.05, 3.63) is 24.3 Å². The van der Waals surface area contributed by atoms with E-state index in [9.17, 15) is 24.2 Å². The van der Waals surface area contributed by atoms with Gasteiger partial charge in [-0.3, -0.25) is 18.6 Å². The minimum atomic E-state index is -4.62. The lowest BCUT2D eigenvalue weighted by atomic mass is 10.0. The molecule has 348 valence electrons. The monoisotopic (exact) mass is 859 g/mol. The molecule has 0 radical (unpaired) electrons. The van der Waals surface area contributed by atoms with Crippen molar-refractivity contribution in [3.63, 3.8) is 0 Å². The molecule has 0 aromatic rings. The maximum absolute atomic E-state index is 12.7. The summed E-state index contributed by atoms with van der Waals surface area (Å²) in [5, 5.41) is 18.4. The van der Waals surface area contributed by atoms with Gasteiger partial charge in [-0.25, -0.2) is 4.57 Å². The topological polar surface area (TPSA) is 149 Å². The van der Waals surface area contributed by atoms with Crippen LogP contribution in [-0.4, -0.2) is 65.7 Å². The molecule has 0 heterocycles. The van der Waals surface area contributed by atoms with Crippen molar-refractivity contribution < 1.29 is 47.8 Å². The number of hydrogen-bond donors (Lipinski definition) is 3. The number of esters is 2. The Morgan fingerprint density at radius 1 is 0.508 bits per heavy atom. The Balaban J connectivity index is 4.20. The number of carbonyl (C=O) groups is 2. The number of aliphatic hydroxyl groups excluding tert-OH is 2. The molecule has 11 heteroatoms. The summed E-state index contributed by atoms with van der Waals surface area (Å²) in [6, 6.07) is 0. The Labute approximate surface area is 361 Å². The highest BCUT2D eigenvalue weighted by Gasteiger charge is 2.27. The van der Waals surface area contributed by atoms with Gasteiger partial charge in [0, 0.05) is 12.8 Å². The Hall–Kier alpha value is -1.55. The average Bonchev–Trinajstić information content (AvgIpc) is 3.22. The number of carbonyl (C=O) groups excluding carboxylic acids is 2. The van der Waals surface area contributed by atoms with E-state index >= 15 is 0 Å². The zero-order chi connectivity index (χ0) is 43.3. The van der Waals surface area contributed by atoms with Gasteiger partial charge in [0.1, 0.15) is 12.7 Å². The number of ether oxygens (including phenoxy) is 2. The molecule has 0 saturated heterocycles. The third-order valence-electron chi connectivity index (χ3n) is 10.6. The average molecular weight is 859 g/mol. The molecule has 0 aliphatic rings. The molecule has 0 aliphatic heterocycles. The van der Waals surface area contributed by atoms with Crippen molar-refractivity contribution in [1.82, 2.24) is 0 Å². The molecule has 0 amide bonds. The second-order valence-electron chi connectivity index (χ2n) is 16.5. The lowest BCUT2D eigenvalue weighted by molar-refractivity contribution is -0.161. The van der Waals surface area contributed by atoms with E-state index in [1.54, 1.807) is 0 Å². The molecule has 0 aliphatic carbocycles. The normalized spacial score (nSPS) is 13.9. The van der Waals surface area contributed by atoms with Crippen LogP contribution in [0.2, 0.25) is 0 Å². The first-order chi connectivity index (χ1) is 28.7. The number of phosphoric acid groups is 1. The summed E-state index contributed by atoms with van der Waals surface area (Å²) in [7, 11) is -4.62. The number of unbranched alkanes of at least 4 members (excludes halogenated alkanes) is 28. The Morgan fingerprint density at radius 3 is 1.34 bits per heavy atom. The van der Waals surface area contributed by atoms with Gasteiger partial charge < -0.3 is 24.6 Å². The summed E-state index contributed by atoms with van der Waals surface area (Å²) in [6.45, 7) is 2.39. The third kappa shape index (κ3) is 44.3. The van der Waals surface area contributed by atoms with Crippen LogP contribution in [0.5, 0.6) is 0 Å². The van der Waals surface area contributed by atoms with Crippen molar-refractivity contribution >= 4 is 19.8 Å². The summed E-state index contributed by atoms with van der Waals surface area (Å²) >= 11 is 0. The Morgan fingerprint density at radius 2 is 0.881 bits per heavy atom. The van der Waals surface area contributed by atoms with E-state index in [1.807, 2.05) is 0 Å². The highest BCUT2D eigenvalue weighted by atomic mass is 31.2. The predicted octanol–water partition coefficient (Wildman–Crippen LogP) is 13.3. The molecule has 0 spiro atoms. The minimum absolute atomic E-state index is 0.187. The first-order valence-corrected chi connectivity index (χ1v) is 25.8. The smallest absolute Gasteiger partial charge is 0.462 e. The summed E-state index contributed by atoms with van der Waals surface area (Å²) in [4.78, 5) is 35.1. The number of hydrogen-bond acceptors (Lipinski definition) is 9. The molecular formula is C48H91O10P. The number of rotatable bonds is 46. The van der Waals surface area contributed by atoms with Gasteiger partial charge in [-0.1, -0.05) is 199 Å². The van der Waals surface area contributed by atoms with E-state index in [-0.39, 0.29) is 19.4 Å². The van der Waals surface area contributed by atoms with Gasteiger partial charge in [0.25, 0.3) is 0 Å². The van der Waals surface area contributed by atoms with E-state index < -0.39 is 51.8 Å². The van der Waals surface area contributed by atoms with Crippen LogP contribution >= 0.6 is 7.82 Å². The SMILES string of the molecule is CCCCC/C=C\C/C=C\CCCCCCCCCC(=O)OC[C@H](COP(=O)(O)OC[C@@H](O)CO)OC(=O)CCCCCCCCCCCCCCCCCCCCC. The van der Waals surface area contributed by atoms with E-state index in [1.165, 1.54) is 141 Å². The summed E-state index contributed by atoms with van der Waals surface area (Å²) < 4.78 is 32.8. The van der Waals surface area contributed by atoms with Gasteiger partial charge in [-0.2, -0.15) is 0 Å². The van der Waals surface area contributed by atoms with Crippen molar-refractivity contribution in [2.75, 3.05) is 26.4 Å². The van der Waals surface area contributed by atoms with Crippen LogP contribution in [0.15, 0.2) is 24.3 Å². The summed E-state index contributed by atoms with van der Waals surface area (Å²) in [6.07, 6.45) is 45.7. The van der Waals surface area contributed by atoms with Gasteiger partial charge in [0.2, 0.25) is 0 Å². The molecule has 59 heavy (non-hydrogen) atoms. The Bertz CT molecular complexity index is 1040. The Kier molecular flexibility index (Phi) is 43.3. The van der Waals surface area contributed by atoms with Gasteiger partial charge in [-0.05, 0) is 44.9 Å². The van der Waals surface area contributed by atoms with E-state index in [0.717, 1.165) is 51.4 Å². The van der Waals surface area contributed by atoms with Crippen molar-refractivity contribution in [1.29, 1.82) is 0 Å². The van der Waals surface area contributed by atoms with Crippen LogP contribution in [-0.2, 0) is 32.7 Å². The van der Waals surface area contributed by atoms with Crippen molar-refractivity contribution in [2.45, 2.75) is 244 Å². The van der Waals surface area contributed by atoms with E-state index in [2.05, 4.69) is 38.2 Å². The minimum Gasteiger partial charge on any atom is -0.462 e. The molecule has 0 rings (SSSR count). The van der Waals surface area contributed by atoms with Crippen LogP contribution in [0.1, 0.15) is 232 Å². The fraction of sp³-hybridized carbons (Fsp3) is 0.875. The second kappa shape index (κ2) is 44.5. The molecule has 10 nitrogen and oxygen atoms in total. The lowest BCUT2D eigenvalue weighted by Crippen LogP contribution is -2.29. The molecule has 0 saturated carbocycles. The van der Waals surface area contributed by atoms with E-state index in [0.29, 0.717) is 12.8 Å². The first-order valence-electron chi connectivity index (χ1n) is 24.3. The van der Waals surface area contributed by atoms with Gasteiger partial charge in [0.05, 0.1) is 19.8 Å². The lowest BCUT2D eigenvalue weighted by Gasteiger charge is -2.20. The van der Waals surface area contributed by atoms with Crippen molar-refractivity contribution in [2.24, 2.45) is 0 Å². The van der Waals surface area contributed by atoms with Gasteiger partial charge in [-0.15, -0.1) is 0 Å². The number of allylic oxidation sites excluding steroid dienone is 4. The van der Waals surface area contributed by atoms with Crippen LogP contribution in [0.25, 0.3) is 0 Å². The molecule has 0 fully saturated rings. The fourth-order valence-electron chi connectivity index (χ4n) is 6.85. The number of phosphoric ester groups is 1. The third-order valence-corrected chi connectivity index (χ3v) is 11.6. The molecule has 3 atom stereocenters.